The lowest BCUT2D eigenvalue weighted by Gasteiger charge is -2.16. The molecule has 0 bridgehead atoms. The Morgan fingerprint density at radius 2 is 1.72 bits per heavy atom. The maximum Gasteiger partial charge on any atom is 0.244 e. The van der Waals surface area contributed by atoms with Crippen LogP contribution >= 0.6 is 11.6 Å². The van der Waals surface area contributed by atoms with Crippen LogP contribution in [0.1, 0.15) is 37.7 Å². The fourth-order valence-corrected chi connectivity index (χ4v) is 3.93. The summed E-state index contributed by atoms with van der Waals surface area (Å²) in [6.07, 6.45) is 6.98. The summed E-state index contributed by atoms with van der Waals surface area (Å²) in [5.74, 6) is 0.0892. The minimum absolute atomic E-state index is 0.0307. The number of rotatable bonds is 6. The zero-order valence-electron chi connectivity index (χ0n) is 16.5. The third-order valence-corrected chi connectivity index (χ3v) is 5.69. The highest BCUT2D eigenvalue weighted by Crippen LogP contribution is 2.30. The molecular formula is C22H28ClN5O. The lowest BCUT2D eigenvalue weighted by molar-refractivity contribution is -0.128. The van der Waals surface area contributed by atoms with Crippen molar-refractivity contribution >= 4 is 29.0 Å². The quantitative estimate of drug-likeness (QED) is 0.378. The van der Waals surface area contributed by atoms with Crippen molar-refractivity contribution in [2.24, 2.45) is 22.2 Å². The van der Waals surface area contributed by atoms with E-state index in [1.807, 2.05) is 30.3 Å². The predicted molar refractivity (Wildman–Crippen MR) is 119 cm³/mol. The largest absolute Gasteiger partial charge is 0.398 e. The molecule has 6 N–H and O–H groups in total. The van der Waals surface area contributed by atoms with Crippen LogP contribution in [0.4, 0.5) is 0 Å². The number of allylic oxidation sites excluding steroid dienone is 2. The second kappa shape index (κ2) is 9.65. The first kappa shape index (κ1) is 21.0. The summed E-state index contributed by atoms with van der Waals surface area (Å²) in [4.78, 5) is 18.5. The van der Waals surface area contributed by atoms with Crippen molar-refractivity contribution in [2.45, 2.75) is 32.1 Å². The molecule has 6 nitrogen and oxygen atoms in total. The summed E-state index contributed by atoms with van der Waals surface area (Å²) in [7, 11) is 0. The number of amides is 1. The molecule has 0 spiro atoms. The molecule has 2 aliphatic rings. The molecule has 154 valence electrons. The molecule has 1 heterocycles. The molecular weight excluding hydrogens is 386 g/mol. The molecule has 1 aliphatic carbocycles. The van der Waals surface area contributed by atoms with Gasteiger partial charge in [-0.3, -0.25) is 9.79 Å². The van der Waals surface area contributed by atoms with E-state index in [2.05, 4.69) is 11.1 Å². The molecule has 29 heavy (non-hydrogen) atoms. The first-order chi connectivity index (χ1) is 14.0. The Morgan fingerprint density at radius 3 is 2.34 bits per heavy atom. The number of carbonyl (C=O) groups is 1. The molecule has 1 saturated heterocycles. The van der Waals surface area contributed by atoms with Crippen LogP contribution in [-0.4, -0.2) is 36.3 Å². The Kier molecular flexibility index (Phi) is 6.99. The maximum atomic E-state index is 12.4. The van der Waals surface area contributed by atoms with Gasteiger partial charge in [0.1, 0.15) is 12.4 Å². The zero-order valence-corrected chi connectivity index (χ0v) is 17.3. The van der Waals surface area contributed by atoms with Gasteiger partial charge in [-0.15, -0.1) is 0 Å². The third-order valence-electron chi connectivity index (χ3n) is 5.30. The fourth-order valence-electron chi connectivity index (χ4n) is 3.62. The molecule has 1 amide bonds. The van der Waals surface area contributed by atoms with Crippen LogP contribution in [-0.2, 0) is 4.79 Å². The molecule has 7 heteroatoms. The molecule has 1 aromatic rings. The van der Waals surface area contributed by atoms with E-state index in [1.54, 1.807) is 4.90 Å². The number of nitrogens with two attached hydrogens (primary N) is 3. The number of aliphatic imine (C=N–C) groups is 1. The summed E-state index contributed by atoms with van der Waals surface area (Å²) < 4.78 is 0. The van der Waals surface area contributed by atoms with Gasteiger partial charge in [0.15, 0.2) is 0 Å². The molecule has 1 aliphatic heterocycles. The summed E-state index contributed by atoms with van der Waals surface area (Å²) in [6, 6.07) is 9.39. The summed E-state index contributed by atoms with van der Waals surface area (Å²) in [6.45, 7) is 1.51. The van der Waals surface area contributed by atoms with Crippen LogP contribution in [0, 0.1) is 0 Å². The maximum absolute atomic E-state index is 12.4. The van der Waals surface area contributed by atoms with Crippen LogP contribution < -0.4 is 17.2 Å². The predicted octanol–water partition coefficient (Wildman–Crippen LogP) is 2.86. The van der Waals surface area contributed by atoms with E-state index in [0.29, 0.717) is 17.0 Å². The summed E-state index contributed by atoms with van der Waals surface area (Å²) in [5, 5.41) is 0.247. The number of hydrogen-bond acceptors (Lipinski definition) is 4. The van der Waals surface area contributed by atoms with Crippen LogP contribution in [0.25, 0.3) is 5.70 Å². The van der Waals surface area contributed by atoms with Gasteiger partial charge in [0.25, 0.3) is 0 Å². The van der Waals surface area contributed by atoms with Gasteiger partial charge in [-0.25, -0.2) is 0 Å². The number of likely N-dealkylation sites (tertiary alicyclic amines) is 1. The normalized spacial score (nSPS) is 19.0. The molecule has 3 rings (SSSR count). The van der Waals surface area contributed by atoms with Gasteiger partial charge in [-0.2, -0.15) is 0 Å². The fraction of sp³-hybridized carbons (Fsp3) is 0.364. The molecule has 0 radical (unpaired) electrons. The SMILES string of the molecule is NC(=NCC(=O)N1CCCC1)C(=C(N)C1=CCCC1)/C(Cl)=C(\N)c1ccccc1. The lowest BCUT2D eigenvalue weighted by atomic mass is 10.0. The molecule has 0 saturated carbocycles. The van der Waals surface area contributed by atoms with Gasteiger partial charge in [0.05, 0.1) is 16.3 Å². The first-order valence-corrected chi connectivity index (χ1v) is 10.3. The minimum atomic E-state index is -0.0420. The average Bonchev–Trinajstić information content (AvgIpc) is 3.46. The molecule has 0 aromatic heterocycles. The van der Waals surface area contributed by atoms with E-state index >= 15 is 0 Å². The number of hydrogen-bond donors (Lipinski definition) is 3. The Labute approximate surface area is 176 Å². The Morgan fingerprint density at radius 1 is 1.03 bits per heavy atom. The van der Waals surface area contributed by atoms with E-state index in [9.17, 15) is 4.79 Å². The van der Waals surface area contributed by atoms with Crippen molar-refractivity contribution in [3.05, 3.63) is 63.8 Å². The van der Waals surface area contributed by atoms with E-state index in [0.717, 1.165) is 56.3 Å². The molecule has 1 fully saturated rings. The van der Waals surface area contributed by atoms with E-state index in [1.165, 1.54) is 0 Å². The number of nitrogens with zero attached hydrogens (tertiary/aromatic N) is 2. The number of amidine groups is 1. The summed E-state index contributed by atoms with van der Waals surface area (Å²) >= 11 is 6.68. The van der Waals surface area contributed by atoms with Crippen molar-refractivity contribution in [1.29, 1.82) is 0 Å². The van der Waals surface area contributed by atoms with Gasteiger partial charge >= 0.3 is 0 Å². The van der Waals surface area contributed by atoms with Crippen LogP contribution in [0.2, 0.25) is 0 Å². The van der Waals surface area contributed by atoms with Crippen molar-refractivity contribution in [3.8, 4) is 0 Å². The Balaban J connectivity index is 1.96. The highest BCUT2D eigenvalue weighted by Gasteiger charge is 2.22. The van der Waals surface area contributed by atoms with Crippen molar-refractivity contribution in [3.63, 3.8) is 0 Å². The van der Waals surface area contributed by atoms with Gasteiger partial charge in [0.2, 0.25) is 5.91 Å². The van der Waals surface area contributed by atoms with E-state index < -0.39 is 0 Å². The Hall–Kier alpha value is -2.73. The number of carbonyl (C=O) groups excluding carboxylic acids is 1. The smallest absolute Gasteiger partial charge is 0.244 e. The molecule has 0 unspecified atom stereocenters. The van der Waals surface area contributed by atoms with Crippen LogP contribution in [0.3, 0.4) is 0 Å². The second-order valence-electron chi connectivity index (χ2n) is 7.29. The minimum Gasteiger partial charge on any atom is -0.398 e. The van der Waals surface area contributed by atoms with Crippen molar-refractivity contribution in [1.82, 2.24) is 4.90 Å². The van der Waals surface area contributed by atoms with E-state index in [-0.39, 0.29) is 23.3 Å². The van der Waals surface area contributed by atoms with E-state index in [4.69, 9.17) is 28.8 Å². The molecule has 0 atom stereocenters. The second-order valence-corrected chi connectivity index (χ2v) is 7.67. The monoisotopic (exact) mass is 413 g/mol. The lowest BCUT2D eigenvalue weighted by Crippen LogP contribution is -2.31. The first-order valence-electron chi connectivity index (χ1n) is 9.97. The highest BCUT2D eigenvalue weighted by atomic mass is 35.5. The average molecular weight is 414 g/mol. The number of benzene rings is 1. The standard InChI is InChI=1S/C22H28ClN5O/c23-19(21(25)16-8-2-1-3-9-16)18(20(24)15-10-4-5-11-15)22(26)27-14-17(29)28-12-6-7-13-28/h1-3,8-10H,4-7,11-14,24-25H2,(H2,26,27)/b20-18?,21-19+. The van der Waals surface area contributed by atoms with Crippen LogP contribution in [0.5, 0.6) is 0 Å². The van der Waals surface area contributed by atoms with Crippen LogP contribution in [0.15, 0.2) is 63.3 Å². The van der Waals surface area contributed by atoms with Gasteiger partial charge in [0, 0.05) is 18.8 Å². The third kappa shape index (κ3) is 5.01. The number of halogens is 1. The van der Waals surface area contributed by atoms with Gasteiger partial charge < -0.3 is 22.1 Å². The topological polar surface area (TPSA) is 111 Å². The Bertz CT molecular complexity index is 880. The van der Waals surface area contributed by atoms with Crippen molar-refractivity contribution in [2.75, 3.05) is 19.6 Å². The zero-order chi connectivity index (χ0) is 20.8. The van der Waals surface area contributed by atoms with Gasteiger partial charge in [-0.05, 0) is 43.2 Å². The molecule has 1 aromatic carbocycles. The highest BCUT2D eigenvalue weighted by molar-refractivity contribution is 6.38. The van der Waals surface area contributed by atoms with Gasteiger partial charge in [-0.1, -0.05) is 48.0 Å². The summed E-state index contributed by atoms with van der Waals surface area (Å²) in [5.41, 5.74) is 22.1. The van der Waals surface area contributed by atoms with Crippen molar-refractivity contribution < 1.29 is 4.79 Å².